The van der Waals surface area contributed by atoms with E-state index in [2.05, 4.69) is 10.6 Å². The van der Waals surface area contributed by atoms with Gasteiger partial charge in [0, 0.05) is 33.1 Å². The number of hydrogen-bond acceptors (Lipinski definition) is 3. The minimum atomic E-state index is -0.375. The molecule has 0 saturated carbocycles. The van der Waals surface area contributed by atoms with E-state index in [1.807, 2.05) is 0 Å². The van der Waals surface area contributed by atoms with Crippen molar-refractivity contribution in [2.75, 3.05) is 17.7 Å². The Morgan fingerprint density at radius 3 is 2.06 bits per heavy atom. The van der Waals surface area contributed by atoms with Crippen LogP contribution in [0.5, 0.6) is 5.75 Å². The number of hydrogen-bond donors (Lipinski definition) is 2. The number of anilines is 2. The van der Waals surface area contributed by atoms with E-state index in [4.69, 9.17) is 51.1 Å². The molecule has 9 heteroatoms. The number of rotatable bonds is 6. The van der Waals surface area contributed by atoms with E-state index >= 15 is 0 Å². The average Bonchev–Trinajstić information content (AvgIpc) is 2.73. The molecule has 0 radical (unpaired) electrons. The molecule has 3 aromatic carbocycles. The lowest BCUT2D eigenvalue weighted by Gasteiger charge is -2.09. The molecule has 0 saturated heterocycles. The zero-order valence-corrected chi connectivity index (χ0v) is 19.6. The van der Waals surface area contributed by atoms with Gasteiger partial charge < -0.3 is 15.4 Å². The zero-order chi connectivity index (χ0) is 23.3. The first kappa shape index (κ1) is 24.0. The maximum absolute atomic E-state index is 12.4. The third-order valence-corrected chi connectivity index (χ3v) is 5.29. The molecule has 3 rings (SSSR count). The van der Waals surface area contributed by atoms with E-state index in [0.29, 0.717) is 43.3 Å². The first-order chi connectivity index (χ1) is 15.3. The van der Waals surface area contributed by atoms with Crippen LogP contribution < -0.4 is 15.4 Å². The number of ether oxygens (including phenoxy) is 1. The van der Waals surface area contributed by atoms with E-state index < -0.39 is 0 Å². The lowest BCUT2D eigenvalue weighted by molar-refractivity contribution is -0.111. The van der Waals surface area contributed by atoms with Gasteiger partial charge in [0.15, 0.2) is 0 Å². The SMILES string of the molecule is COc1c(Cl)cc(Cl)cc1C=CC(=O)Nc1ccc(NC(=O)c2ccc(Cl)cc2Cl)cc1. The summed E-state index contributed by atoms with van der Waals surface area (Å²) in [6.07, 6.45) is 2.89. The molecule has 0 aliphatic rings. The van der Waals surface area contributed by atoms with Crippen molar-refractivity contribution in [3.05, 3.63) is 91.9 Å². The van der Waals surface area contributed by atoms with E-state index in [-0.39, 0.29) is 16.8 Å². The molecule has 0 fully saturated rings. The molecule has 0 heterocycles. The van der Waals surface area contributed by atoms with Crippen LogP contribution in [0, 0.1) is 0 Å². The molecule has 0 aromatic heterocycles. The van der Waals surface area contributed by atoms with Gasteiger partial charge in [-0.15, -0.1) is 0 Å². The number of halogens is 4. The van der Waals surface area contributed by atoms with Crippen LogP contribution in [0.2, 0.25) is 20.1 Å². The fourth-order valence-electron chi connectivity index (χ4n) is 2.78. The average molecular weight is 510 g/mol. The fourth-order valence-corrected chi connectivity index (χ4v) is 3.86. The number of benzene rings is 3. The second-order valence-corrected chi connectivity index (χ2v) is 8.18. The Hall–Kier alpha value is -2.70. The summed E-state index contributed by atoms with van der Waals surface area (Å²) in [6, 6.07) is 14.4. The summed E-state index contributed by atoms with van der Waals surface area (Å²) in [5, 5.41) is 6.93. The van der Waals surface area contributed by atoms with Gasteiger partial charge in [-0.05, 0) is 60.7 Å². The predicted octanol–water partition coefficient (Wildman–Crippen LogP) is 7.21. The minimum Gasteiger partial charge on any atom is -0.495 e. The Labute approximate surface area is 204 Å². The Balaban J connectivity index is 1.64. The van der Waals surface area contributed by atoms with Gasteiger partial charge in [0.1, 0.15) is 5.75 Å². The Bertz CT molecular complexity index is 1190. The quantitative estimate of drug-likeness (QED) is 0.345. The molecule has 0 atom stereocenters. The molecule has 2 N–H and O–H groups in total. The van der Waals surface area contributed by atoms with E-state index in [0.717, 1.165) is 0 Å². The van der Waals surface area contributed by atoms with Crippen LogP contribution in [-0.4, -0.2) is 18.9 Å². The molecule has 164 valence electrons. The van der Waals surface area contributed by atoms with Crippen molar-refractivity contribution in [3.8, 4) is 5.75 Å². The summed E-state index contributed by atoms with van der Waals surface area (Å²) < 4.78 is 5.25. The summed E-state index contributed by atoms with van der Waals surface area (Å²) in [5.74, 6) is -0.325. The zero-order valence-electron chi connectivity index (χ0n) is 16.6. The van der Waals surface area contributed by atoms with Crippen molar-refractivity contribution >= 4 is 75.7 Å². The van der Waals surface area contributed by atoms with Crippen LogP contribution in [0.1, 0.15) is 15.9 Å². The van der Waals surface area contributed by atoms with E-state index in [1.165, 1.54) is 19.3 Å². The first-order valence-corrected chi connectivity index (χ1v) is 10.7. The second-order valence-electron chi connectivity index (χ2n) is 6.49. The lowest BCUT2D eigenvalue weighted by atomic mass is 10.2. The lowest BCUT2D eigenvalue weighted by Crippen LogP contribution is -2.12. The maximum atomic E-state index is 12.4. The fraction of sp³-hybridized carbons (Fsp3) is 0.0435. The smallest absolute Gasteiger partial charge is 0.257 e. The third kappa shape index (κ3) is 6.17. The molecule has 0 unspecified atom stereocenters. The van der Waals surface area contributed by atoms with Crippen LogP contribution in [0.15, 0.2) is 60.7 Å². The van der Waals surface area contributed by atoms with Gasteiger partial charge in [0.05, 0.1) is 22.7 Å². The van der Waals surface area contributed by atoms with Crippen LogP contribution in [-0.2, 0) is 4.79 Å². The van der Waals surface area contributed by atoms with Crippen molar-refractivity contribution in [3.63, 3.8) is 0 Å². The number of carbonyl (C=O) groups is 2. The van der Waals surface area contributed by atoms with E-state index in [1.54, 1.807) is 54.6 Å². The molecular weight excluding hydrogens is 494 g/mol. The summed E-state index contributed by atoms with van der Waals surface area (Å²) >= 11 is 24.0. The van der Waals surface area contributed by atoms with Crippen molar-refractivity contribution < 1.29 is 14.3 Å². The second kappa shape index (κ2) is 10.7. The van der Waals surface area contributed by atoms with Gasteiger partial charge in [-0.1, -0.05) is 46.4 Å². The summed E-state index contributed by atoms with van der Waals surface area (Å²) in [7, 11) is 1.48. The number of carbonyl (C=O) groups excluding carboxylic acids is 2. The van der Waals surface area contributed by atoms with Crippen LogP contribution in [0.4, 0.5) is 11.4 Å². The molecule has 2 amide bonds. The summed E-state index contributed by atoms with van der Waals surface area (Å²) in [4.78, 5) is 24.7. The highest BCUT2D eigenvalue weighted by Gasteiger charge is 2.11. The Kier molecular flexibility index (Phi) is 8.04. The predicted molar refractivity (Wildman–Crippen MR) is 132 cm³/mol. The van der Waals surface area contributed by atoms with Crippen molar-refractivity contribution in [2.24, 2.45) is 0 Å². The highest BCUT2D eigenvalue weighted by Crippen LogP contribution is 2.33. The van der Waals surface area contributed by atoms with Crippen molar-refractivity contribution in [1.82, 2.24) is 0 Å². The topological polar surface area (TPSA) is 67.4 Å². The summed E-state index contributed by atoms with van der Waals surface area (Å²) in [5.41, 5.74) is 1.94. The van der Waals surface area contributed by atoms with Gasteiger partial charge in [-0.3, -0.25) is 9.59 Å². The van der Waals surface area contributed by atoms with Crippen LogP contribution in [0.3, 0.4) is 0 Å². The monoisotopic (exact) mass is 508 g/mol. The molecule has 0 spiro atoms. The van der Waals surface area contributed by atoms with Gasteiger partial charge >= 0.3 is 0 Å². The van der Waals surface area contributed by atoms with E-state index in [9.17, 15) is 9.59 Å². The first-order valence-electron chi connectivity index (χ1n) is 9.15. The molecule has 5 nitrogen and oxygen atoms in total. The van der Waals surface area contributed by atoms with Crippen molar-refractivity contribution in [2.45, 2.75) is 0 Å². The molecule has 32 heavy (non-hydrogen) atoms. The van der Waals surface area contributed by atoms with Gasteiger partial charge in [-0.2, -0.15) is 0 Å². The molecule has 0 aliphatic carbocycles. The third-order valence-electron chi connectivity index (χ3n) is 4.24. The standard InChI is InChI=1S/C23H16Cl4N2O3/c1-32-22-13(10-15(25)12-20(22)27)2-9-21(30)28-16-4-6-17(7-5-16)29-23(31)18-8-3-14(24)11-19(18)26/h2-12H,1H3,(H,28,30)(H,29,31). The number of nitrogens with one attached hydrogen (secondary N) is 2. The number of methoxy groups -OCH3 is 1. The van der Waals surface area contributed by atoms with Crippen LogP contribution in [0.25, 0.3) is 6.08 Å². The Morgan fingerprint density at radius 1 is 0.812 bits per heavy atom. The highest BCUT2D eigenvalue weighted by molar-refractivity contribution is 6.37. The minimum absolute atomic E-state index is 0.253. The molecular formula is C23H16Cl4N2O3. The van der Waals surface area contributed by atoms with Gasteiger partial charge in [-0.25, -0.2) is 0 Å². The van der Waals surface area contributed by atoms with Gasteiger partial charge in [0.25, 0.3) is 5.91 Å². The number of amides is 2. The maximum Gasteiger partial charge on any atom is 0.257 e. The normalized spacial score (nSPS) is 10.8. The molecule has 0 aliphatic heterocycles. The molecule has 0 bridgehead atoms. The highest BCUT2D eigenvalue weighted by atomic mass is 35.5. The molecule has 3 aromatic rings. The van der Waals surface area contributed by atoms with Crippen LogP contribution >= 0.6 is 46.4 Å². The summed E-state index contributed by atoms with van der Waals surface area (Å²) in [6.45, 7) is 0. The Morgan fingerprint density at radius 2 is 1.44 bits per heavy atom. The largest absolute Gasteiger partial charge is 0.495 e. The van der Waals surface area contributed by atoms with Gasteiger partial charge in [0.2, 0.25) is 5.91 Å². The van der Waals surface area contributed by atoms with Crippen molar-refractivity contribution in [1.29, 1.82) is 0 Å².